The smallest absolute Gasteiger partial charge is 0.257 e. The van der Waals surface area contributed by atoms with Gasteiger partial charge in [-0.1, -0.05) is 30.4 Å². The van der Waals surface area contributed by atoms with E-state index in [-0.39, 0.29) is 23.6 Å². The molecule has 2 heterocycles. The maximum atomic E-state index is 12.7. The van der Waals surface area contributed by atoms with Gasteiger partial charge in [0.1, 0.15) is 5.01 Å². The Morgan fingerprint density at radius 2 is 1.91 bits per heavy atom. The first kappa shape index (κ1) is 22.6. The summed E-state index contributed by atoms with van der Waals surface area (Å²) in [4.78, 5) is 38.7. The summed E-state index contributed by atoms with van der Waals surface area (Å²) < 4.78 is 0. The van der Waals surface area contributed by atoms with Crippen molar-refractivity contribution in [1.29, 1.82) is 0 Å². The van der Waals surface area contributed by atoms with Crippen LogP contribution in [0.5, 0.6) is 0 Å². The fourth-order valence-corrected chi connectivity index (χ4v) is 4.45. The molecule has 4 rings (SSSR count). The van der Waals surface area contributed by atoms with Crippen LogP contribution in [0.15, 0.2) is 42.5 Å². The molecule has 2 N–H and O–H groups in total. The SMILES string of the molecule is CCC(=O)Nc1cccc(C(=O)Nc2nnc([C@H]3CC(=O)N(c4ccc(C)c(C)c4)C3)s2)c1. The lowest BCUT2D eigenvalue weighted by Crippen LogP contribution is -2.24. The number of hydrogen-bond acceptors (Lipinski definition) is 6. The largest absolute Gasteiger partial charge is 0.326 e. The maximum absolute atomic E-state index is 12.7. The highest BCUT2D eigenvalue weighted by atomic mass is 32.1. The molecule has 8 nitrogen and oxygen atoms in total. The fourth-order valence-electron chi connectivity index (χ4n) is 3.62. The van der Waals surface area contributed by atoms with Gasteiger partial charge in [0.2, 0.25) is 16.9 Å². The normalized spacial score (nSPS) is 15.5. The second kappa shape index (κ2) is 9.50. The van der Waals surface area contributed by atoms with E-state index in [1.165, 1.54) is 16.9 Å². The lowest BCUT2D eigenvalue weighted by Gasteiger charge is -2.17. The van der Waals surface area contributed by atoms with Crippen molar-refractivity contribution in [3.8, 4) is 0 Å². The number of carbonyl (C=O) groups is 3. The molecular weight excluding hydrogens is 438 g/mol. The molecule has 9 heteroatoms. The van der Waals surface area contributed by atoms with E-state index in [9.17, 15) is 14.4 Å². The highest BCUT2D eigenvalue weighted by Gasteiger charge is 2.34. The Morgan fingerprint density at radius 1 is 1.09 bits per heavy atom. The predicted octanol–water partition coefficient (Wildman–Crippen LogP) is 4.28. The number of aryl methyl sites for hydroxylation is 2. The van der Waals surface area contributed by atoms with Crippen LogP contribution in [0.2, 0.25) is 0 Å². The maximum Gasteiger partial charge on any atom is 0.257 e. The van der Waals surface area contributed by atoms with Gasteiger partial charge < -0.3 is 10.2 Å². The van der Waals surface area contributed by atoms with Crippen molar-refractivity contribution in [2.45, 2.75) is 39.5 Å². The van der Waals surface area contributed by atoms with Crippen molar-refractivity contribution >= 4 is 45.6 Å². The summed E-state index contributed by atoms with van der Waals surface area (Å²) in [6.07, 6.45) is 0.712. The van der Waals surface area contributed by atoms with Crippen LogP contribution in [-0.4, -0.2) is 34.5 Å². The molecule has 1 aromatic heterocycles. The summed E-state index contributed by atoms with van der Waals surface area (Å²) in [7, 11) is 0. The molecule has 3 amide bonds. The third-order valence-corrected chi connectivity index (χ3v) is 6.67. The number of benzene rings is 2. The molecule has 0 radical (unpaired) electrons. The van der Waals surface area contributed by atoms with Gasteiger partial charge in [-0.25, -0.2) is 0 Å². The van der Waals surface area contributed by atoms with Crippen molar-refractivity contribution in [3.05, 3.63) is 64.2 Å². The van der Waals surface area contributed by atoms with E-state index in [0.717, 1.165) is 11.3 Å². The number of hydrogen-bond donors (Lipinski definition) is 2. The molecule has 2 aromatic carbocycles. The van der Waals surface area contributed by atoms with Crippen LogP contribution in [0.4, 0.5) is 16.5 Å². The number of aromatic nitrogens is 2. The molecule has 0 bridgehead atoms. The summed E-state index contributed by atoms with van der Waals surface area (Å²) in [6.45, 7) is 6.37. The average Bonchev–Trinajstić information content (AvgIpc) is 3.42. The first-order valence-electron chi connectivity index (χ1n) is 10.8. The van der Waals surface area contributed by atoms with Gasteiger partial charge in [0.25, 0.3) is 5.91 Å². The van der Waals surface area contributed by atoms with Gasteiger partial charge in [0.05, 0.1) is 0 Å². The van der Waals surface area contributed by atoms with Gasteiger partial charge in [-0.05, 0) is 55.3 Å². The van der Waals surface area contributed by atoms with Gasteiger partial charge in [0, 0.05) is 42.2 Å². The second-order valence-electron chi connectivity index (χ2n) is 8.06. The van der Waals surface area contributed by atoms with Crippen LogP contribution in [0.1, 0.15) is 52.2 Å². The third kappa shape index (κ3) is 5.09. The van der Waals surface area contributed by atoms with Crippen molar-refractivity contribution in [2.75, 3.05) is 22.1 Å². The minimum Gasteiger partial charge on any atom is -0.326 e. The first-order chi connectivity index (χ1) is 15.8. The summed E-state index contributed by atoms with van der Waals surface area (Å²) in [5.41, 5.74) is 4.17. The van der Waals surface area contributed by atoms with E-state index in [2.05, 4.69) is 20.8 Å². The van der Waals surface area contributed by atoms with Crippen molar-refractivity contribution < 1.29 is 14.4 Å². The summed E-state index contributed by atoms with van der Waals surface area (Å²) >= 11 is 1.27. The molecule has 1 aliphatic rings. The molecular formula is C24H25N5O3S. The topological polar surface area (TPSA) is 104 Å². The molecule has 0 aliphatic carbocycles. The number of anilines is 3. The predicted molar refractivity (Wildman–Crippen MR) is 129 cm³/mol. The fraction of sp³-hybridized carbons (Fsp3) is 0.292. The van der Waals surface area contributed by atoms with Gasteiger partial charge in [-0.15, -0.1) is 10.2 Å². The van der Waals surface area contributed by atoms with E-state index in [4.69, 9.17) is 0 Å². The Bertz CT molecular complexity index is 1220. The van der Waals surface area contributed by atoms with Crippen molar-refractivity contribution in [1.82, 2.24) is 10.2 Å². The summed E-state index contributed by atoms with van der Waals surface area (Å²) in [5, 5.41) is 14.9. The molecule has 0 spiro atoms. The monoisotopic (exact) mass is 463 g/mol. The molecule has 1 fully saturated rings. The highest BCUT2D eigenvalue weighted by Crippen LogP contribution is 2.34. The average molecular weight is 464 g/mol. The van der Waals surface area contributed by atoms with Crippen LogP contribution in [0.25, 0.3) is 0 Å². The molecule has 33 heavy (non-hydrogen) atoms. The van der Waals surface area contributed by atoms with E-state index in [0.29, 0.717) is 40.8 Å². The molecule has 3 aromatic rings. The molecule has 1 atom stereocenters. The van der Waals surface area contributed by atoms with Gasteiger partial charge in [-0.3, -0.25) is 19.7 Å². The van der Waals surface area contributed by atoms with E-state index in [1.54, 1.807) is 36.1 Å². The van der Waals surface area contributed by atoms with Gasteiger partial charge in [0.15, 0.2) is 0 Å². The summed E-state index contributed by atoms with van der Waals surface area (Å²) in [5.74, 6) is -0.489. The molecule has 1 saturated heterocycles. The zero-order valence-electron chi connectivity index (χ0n) is 18.7. The highest BCUT2D eigenvalue weighted by molar-refractivity contribution is 7.15. The number of nitrogens with one attached hydrogen (secondary N) is 2. The molecule has 0 saturated carbocycles. The molecule has 0 unspecified atom stereocenters. The van der Waals surface area contributed by atoms with E-state index >= 15 is 0 Å². The zero-order chi connectivity index (χ0) is 23.5. The number of rotatable bonds is 6. The number of carbonyl (C=O) groups excluding carboxylic acids is 3. The van der Waals surface area contributed by atoms with Crippen molar-refractivity contribution in [2.24, 2.45) is 0 Å². The Morgan fingerprint density at radius 3 is 2.67 bits per heavy atom. The van der Waals surface area contributed by atoms with E-state index < -0.39 is 0 Å². The van der Waals surface area contributed by atoms with Gasteiger partial charge in [-0.2, -0.15) is 0 Å². The van der Waals surface area contributed by atoms with Crippen LogP contribution >= 0.6 is 11.3 Å². The third-order valence-electron chi connectivity index (χ3n) is 5.67. The molecule has 170 valence electrons. The van der Waals surface area contributed by atoms with Gasteiger partial charge >= 0.3 is 0 Å². The summed E-state index contributed by atoms with van der Waals surface area (Å²) in [6, 6.07) is 12.7. The number of amides is 3. The lowest BCUT2D eigenvalue weighted by molar-refractivity contribution is -0.117. The van der Waals surface area contributed by atoms with Crippen molar-refractivity contribution in [3.63, 3.8) is 0 Å². The van der Waals surface area contributed by atoms with Crippen LogP contribution in [0, 0.1) is 13.8 Å². The molecule has 1 aliphatic heterocycles. The minimum absolute atomic E-state index is 0.0509. The zero-order valence-corrected chi connectivity index (χ0v) is 19.5. The Labute approximate surface area is 196 Å². The van der Waals surface area contributed by atoms with E-state index in [1.807, 2.05) is 32.0 Å². The minimum atomic E-state index is -0.343. The number of nitrogens with zero attached hydrogens (tertiary/aromatic N) is 3. The first-order valence-corrected chi connectivity index (χ1v) is 11.6. The van der Waals surface area contributed by atoms with Crippen LogP contribution < -0.4 is 15.5 Å². The Hall–Kier alpha value is -3.59. The van der Waals surface area contributed by atoms with Crippen LogP contribution in [-0.2, 0) is 9.59 Å². The van der Waals surface area contributed by atoms with Crippen LogP contribution in [0.3, 0.4) is 0 Å². The lowest BCUT2D eigenvalue weighted by atomic mass is 10.1. The quantitative estimate of drug-likeness (QED) is 0.568. The Kier molecular flexibility index (Phi) is 6.50. The standard InChI is InChI=1S/C24H25N5O3S/c1-4-20(30)25-18-7-5-6-16(11-18)22(32)26-24-28-27-23(33-24)17-12-21(31)29(13-17)19-9-8-14(2)15(3)10-19/h5-11,17H,4,12-13H2,1-3H3,(H,25,30)(H,26,28,32)/t17-/m0/s1. The Balaban J connectivity index is 1.42. The second-order valence-corrected chi connectivity index (χ2v) is 9.07.